The van der Waals surface area contributed by atoms with E-state index in [-0.39, 0.29) is 29.4 Å². The Morgan fingerprint density at radius 3 is 2.42 bits per heavy atom. The summed E-state index contributed by atoms with van der Waals surface area (Å²) in [5.41, 5.74) is 9.46. The molecule has 0 aliphatic carbocycles. The first-order valence-electron chi connectivity index (χ1n) is 11.0. The lowest BCUT2D eigenvalue weighted by Crippen LogP contribution is -2.04. The second-order valence-corrected chi connectivity index (χ2v) is 8.80. The summed E-state index contributed by atoms with van der Waals surface area (Å²) >= 11 is 1.25. The standard InChI is InChI=1S/C26H21FN6O2S/c1-15-22(32-25(35-15)16-4-7-18(27)8-5-16)14-36-26-21(12-29)23(20(11-28)24(30)33-26)17-6-9-19(31-13-17)3-2-10-34/h4-9,13,34H,2-3,10,14H2,1H3,(H2,30,33). The number of hydrogen-bond donors (Lipinski definition) is 2. The average Bonchev–Trinajstić information content (AvgIpc) is 3.26. The molecule has 180 valence electrons. The van der Waals surface area contributed by atoms with Gasteiger partial charge in [-0.15, -0.1) is 0 Å². The van der Waals surface area contributed by atoms with Gasteiger partial charge in [-0.1, -0.05) is 17.8 Å². The van der Waals surface area contributed by atoms with Crippen LogP contribution in [-0.4, -0.2) is 26.7 Å². The number of aromatic nitrogens is 3. The SMILES string of the molecule is Cc1oc(-c2ccc(F)cc2)nc1CSc1nc(N)c(C#N)c(-c2ccc(CCCO)nc2)c1C#N. The Bertz CT molecular complexity index is 1470. The second kappa shape index (κ2) is 11.0. The van der Waals surface area contributed by atoms with E-state index < -0.39 is 0 Å². The molecule has 0 radical (unpaired) electrons. The van der Waals surface area contributed by atoms with Crippen molar-refractivity contribution in [2.24, 2.45) is 0 Å². The van der Waals surface area contributed by atoms with E-state index >= 15 is 0 Å². The van der Waals surface area contributed by atoms with Gasteiger partial charge < -0.3 is 15.3 Å². The minimum atomic E-state index is -0.350. The number of hydrogen-bond acceptors (Lipinski definition) is 9. The minimum absolute atomic E-state index is 0.0160. The molecular formula is C26H21FN6O2S. The van der Waals surface area contributed by atoms with Gasteiger partial charge in [-0.2, -0.15) is 10.5 Å². The molecule has 0 fully saturated rings. The first-order valence-corrected chi connectivity index (χ1v) is 12.0. The molecule has 1 aromatic carbocycles. The summed E-state index contributed by atoms with van der Waals surface area (Å²) in [6.07, 6.45) is 2.80. The lowest BCUT2D eigenvalue weighted by atomic mass is 9.98. The molecule has 0 atom stereocenters. The van der Waals surface area contributed by atoms with Gasteiger partial charge in [0.2, 0.25) is 5.89 Å². The minimum Gasteiger partial charge on any atom is -0.441 e. The molecule has 0 amide bonds. The maximum atomic E-state index is 13.2. The molecule has 0 spiro atoms. The number of nitrogen functional groups attached to an aromatic ring is 1. The average molecular weight is 501 g/mol. The summed E-state index contributed by atoms with van der Waals surface area (Å²) in [4.78, 5) is 13.2. The van der Waals surface area contributed by atoms with Crippen LogP contribution in [0.3, 0.4) is 0 Å². The van der Waals surface area contributed by atoms with Crippen molar-refractivity contribution < 1.29 is 13.9 Å². The molecule has 3 heterocycles. The smallest absolute Gasteiger partial charge is 0.226 e. The van der Waals surface area contributed by atoms with Crippen molar-refractivity contribution >= 4 is 17.6 Å². The summed E-state index contributed by atoms with van der Waals surface area (Å²) in [6, 6.07) is 13.6. The van der Waals surface area contributed by atoms with Crippen LogP contribution in [0, 0.1) is 35.4 Å². The second-order valence-electron chi connectivity index (χ2n) is 7.83. The summed E-state index contributed by atoms with van der Waals surface area (Å²) in [6.45, 7) is 1.84. The number of aryl methyl sites for hydroxylation is 2. The molecule has 3 N–H and O–H groups in total. The van der Waals surface area contributed by atoms with Crippen molar-refractivity contribution in [2.75, 3.05) is 12.3 Å². The Morgan fingerprint density at radius 2 is 1.78 bits per heavy atom. The highest BCUT2D eigenvalue weighted by molar-refractivity contribution is 7.98. The number of thioether (sulfide) groups is 1. The highest BCUT2D eigenvalue weighted by atomic mass is 32.2. The quantitative estimate of drug-likeness (QED) is 0.326. The fourth-order valence-electron chi connectivity index (χ4n) is 3.59. The Kier molecular flexibility index (Phi) is 7.59. The molecular weight excluding hydrogens is 479 g/mol. The van der Waals surface area contributed by atoms with Crippen LogP contribution in [0.1, 0.15) is 34.7 Å². The summed E-state index contributed by atoms with van der Waals surface area (Å²) in [5.74, 6) is 0.953. The van der Waals surface area contributed by atoms with E-state index in [9.17, 15) is 14.9 Å². The van der Waals surface area contributed by atoms with Crippen LogP contribution in [0.5, 0.6) is 0 Å². The Morgan fingerprint density at radius 1 is 1.06 bits per heavy atom. The van der Waals surface area contributed by atoms with Crippen LogP contribution in [0.2, 0.25) is 0 Å². The third kappa shape index (κ3) is 5.20. The lowest BCUT2D eigenvalue weighted by molar-refractivity contribution is 0.288. The number of nitriles is 2. The fraction of sp³-hybridized carbons (Fsp3) is 0.192. The first-order chi connectivity index (χ1) is 17.4. The maximum absolute atomic E-state index is 13.2. The number of nitrogens with zero attached hydrogens (tertiary/aromatic N) is 5. The summed E-state index contributed by atoms with van der Waals surface area (Å²) in [5, 5.41) is 29.1. The number of oxazole rings is 1. The number of benzene rings is 1. The largest absolute Gasteiger partial charge is 0.441 e. The van der Waals surface area contributed by atoms with Gasteiger partial charge in [0, 0.05) is 40.9 Å². The summed E-state index contributed by atoms with van der Waals surface area (Å²) < 4.78 is 19.0. The van der Waals surface area contributed by atoms with E-state index in [4.69, 9.17) is 15.3 Å². The highest BCUT2D eigenvalue weighted by Crippen LogP contribution is 2.37. The number of pyridine rings is 2. The topological polar surface area (TPSA) is 146 Å². The van der Waals surface area contributed by atoms with Gasteiger partial charge in [-0.25, -0.2) is 14.4 Å². The van der Waals surface area contributed by atoms with Gasteiger partial charge in [0.05, 0.1) is 11.3 Å². The van der Waals surface area contributed by atoms with Crippen molar-refractivity contribution in [3.8, 4) is 34.7 Å². The zero-order chi connectivity index (χ0) is 25.7. The number of anilines is 1. The number of rotatable bonds is 8. The van der Waals surface area contributed by atoms with Gasteiger partial charge in [-0.3, -0.25) is 4.98 Å². The van der Waals surface area contributed by atoms with Crippen molar-refractivity contribution in [1.29, 1.82) is 10.5 Å². The zero-order valence-corrected chi connectivity index (χ0v) is 20.1. The monoisotopic (exact) mass is 500 g/mol. The van der Waals surface area contributed by atoms with Crippen LogP contribution < -0.4 is 5.73 Å². The molecule has 3 aromatic heterocycles. The summed E-state index contributed by atoms with van der Waals surface area (Å²) in [7, 11) is 0. The Labute approximate surface area is 211 Å². The number of aliphatic hydroxyl groups is 1. The first kappa shape index (κ1) is 24.9. The van der Waals surface area contributed by atoms with E-state index in [0.717, 1.165) is 5.69 Å². The molecule has 4 aromatic rings. The fourth-order valence-corrected chi connectivity index (χ4v) is 4.58. The van der Waals surface area contributed by atoms with Gasteiger partial charge in [0.25, 0.3) is 0 Å². The molecule has 0 unspecified atom stereocenters. The predicted molar refractivity (Wildman–Crippen MR) is 133 cm³/mol. The van der Waals surface area contributed by atoms with Crippen LogP contribution in [0.25, 0.3) is 22.6 Å². The molecule has 0 bridgehead atoms. The Hall–Kier alpha value is -4.25. The third-order valence-corrected chi connectivity index (χ3v) is 6.44. The number of nitrogens with two attached hydrogens (primary N) is 1. The van der Waals surface area contributed by atoms with Gasteiger partial charge in [0.1, 0.15) is 40.1 Å². The zero-order valence-electron chi connectivity index (χ0n) is 19.3. The van der Waals surface area contributed by atoms with Gasteiger partial charge in [-0.05, 0) is 50.1 Å². The third-order valence-electron chi connectivity index (χ3n) is 5.45. The van der Waals surface area contributed by atoms with Crippen molar-refractivity contribution in [2.45, 2.75) is 30.5 Å². The number of halogens is 1. The van der Waals surface area contributed by atoms with E-state index in [1.165, 1.54) is 23.9 Å². The molecule has 0 saturated heterocycles. The molecule has 10 heteroatoms. The van der Waals surface area contributed by atoms with Crippen LogP contribution >= 0.6 is 11.8 Å². The predicted octanol–water partition coefficient (Wildman–Crippen LogP) is 4.79. The van der Waals surface area contributed by atoms with Crippen molar-refractivity contribution in [1.82, 2.24) is 15.0 Å². The molecule has 8 nitrogen and oxygen atoms in total. The molecule has 36 heavy (non-hydrogen) atoms. The van der Waals surface area contributed by atoms with Gasteiger partial charge >= 0.3 is 0 Å². The van der Waals surface area contributed by atoms with Gasteiger partial charge in [0.15, 0.2) is 0 Å². The molecule has 4 rings (SSSR count). The van der Waals surface area contributed by atoms with Crippen LogP contribution in [0.4, 0.5) is 10.2 Å². The molecule has 0 aliphatic rings. The van der Waals surface area contributed by atoms with E-state index in [2.05, 4.69) is 27.1 Å². The molecule has 0 aliphatic heterocycles. The highest BCUT2D eigenvalue weighted by Gasteiger charge is 2.22. The van der Waals surface area contributed by atoms with Crippen molar-refractivity contribution in [3.05, 3.63) is 76.7 Å². The van der Waals surface area contributed by atoms with E-state index in [1.807, 2.05) is 0 Å². The van der Waals surface area contributed by atoms with Crippen molar-refractivity contribution in [3.63, 3.8) is 0 Å². The maximum Gasteiger partial charge on any atom is 0.226 e. The normalized spacial score (nSPS) is 10.7. The lowest BCUT2D eigenvalue weighted by Gasteiger charge is -2.13. The number of aliphatic hydroxyl groups excluding tert-OH is 1. The van der Waals surface area contributed by atoms with E-state index in [1.54, 1.807) is 37.4 Å². The van der Waals surface area contributed by atoms with Crippen LogP contribution in [-0.2, 0) is 12.2 Å². The van der Waals surface area contributed by atoms with Crippen LogP contribution in [0.15, 0.2) is 52.0 Å². The van der Waals surface area contributed by atoms with E-state index in [0.29, 0.717) is 57.7 Å². The Balaban J connectivity index is 1.66. The molecule has 0 saturated carbocycles.